The molecule has 1 amide bonds. The summed E-state index contributed by atoms with van der Waals surface area (Å²) in [7, 11) is 0. The molecule has 1 saturated heterocycles. The fraction of sp³-hybridized carbons (Fsp3) is 0.238. The first-order chi connectivity index (χ1) is 15.1. The minimum absolute atomic E-state index is 0.261. The third kappa shape index (κ3) is 3.95. The van der Waals surface area contributed by atoms with Gasteiger partial charge in [0.05, 0.1) is 11.1 Å². The summed E-state index contributed by atoms with van der Waals surface area (Å²) in [5, 5.41) is 18.6. The van der Waals surface area contributed by atoms with Crippen LogP contribution in [0.3, 0.4) is 0 Å². The summed E-state index contributed by atoms with van der Waals surface area (Å²) in [6.07, 6.45) is -0.767. The fourth-order valence-electron chi connectivity index (χ4n) is 3.56. The Bertz CT molecular complexity index is 1280. The minimum Gasteiger partial charge on any atom is -0.385 e. The Kier molecular flexibility index (Phi) is 6.12. The number of rotatable bonds is 4. The van der Waals surface area contributed by atoms with Crippen molar-refractivity contribution < 1.29 is 9.90 Å². The predicted octanol–water partition coefficient (Wildman–Crippen LogP) is 4.64. The average molecular weight is 504 g/mol. The van der Waals surface area contributed by atoms with E-state index >= 15 is 0 Å². The van der Waals surface area contributed by atoms with E-state index in [4.69, 9.17) is 36.7 Å². The number of carbonyl (C=O) groups is 1. The van der Waals surface area contributed by atoms with Crippen LogP contribution < -0.4 is 10.2 Å². The van der Waals surface area contributed by atoms with Crippen LogP contribution in [0.2, 0.25) is 0 Å². The standard InChI is InChI=1S/C21H21N5O2S4/c1-21(2)15(27)17(29)25(18(21)30)13-8-6-11(7-9-13)16(28)22-12-4-3-5-14(10-12)26-19(31)23-24-20(26)32/h3-10,15,18,27,30H,1-2H3,(H,22,28)(H,23,31)(H,24,32). The molecule has 0 saturated carbocycles. The largest absolute Gasteiger partial charge is 0.385 e. The average Bonchev–Trinajstić information content (AvgIpc) is 3.17. The number of anilines is 2. The molecule has 166 valence electrons. The first-order valence-electron chi connectivity index (χ1n) is 9.72. The van der Waals surface area contributed by atoms with Gasteiger partial charge in [-0.15, -0.1) is 0 Å². The number of aromatic nitrogens is 3. The van der Waals surface area contributed by atoms with Crippen LogP contribution in [-0.2, 0) is 0 Å². The van der Waals surface area contributed by atoms with Gasteiger partial charge in [0.15, 0.2) is 9.54 Å². The number of amides is 1. The SMILES string of the molecule is CC1(C)C(O)C(=S)N(c2ccc(C(=O)Nc3cccc(-n4c(=S)[nH][nH]c4=S)c3)cc2)C1S. The summed E-state index contributed by atoms with van der Waals surface area (Å²) in [6.45, 7) is 3.84. The van der Waals surface area contributed by atoms with Crippen molar-refractivity contribution in [2.24, 2.45) is 5.41 Å². The number of aliphatic hydroxyl groups excluding tert-OH is 1. The van der Waals surface area contributed by atoms with E-state index in [1.807, 2.05) is 30.9 Å². The summed E-state index contributed by atoms with van der Waals surface area (Å²) in [4.78, 5) is 15.0. The first kappa shape index (κ1) is 22.9. The molecule has 1 fully saturated rings. The van der Waals surface area contributed by atoms with E-state index in [1.165, 1.54) is 0 Å². The maximum atomic E-state index is 12.8. The van der Waals surface area contributed by atoms with Crippen LogP contribution in [0, 0.1) is 15.0 Å². The number of aliphatic hydroxyl groups is 1. The van der Waals surface area contributed by atoms with Crippen molar-refractivity contribution in [1.82, 2.24) is 14.8 Å². The van der Waals surface area contributed by atoms with E-state index in [1.54, 1.807) is 41.0 Å². The van der Waals surface area contributed by atoms with Gasteiger partial charge in [0.1, 0.15) is 11.1 Å². The summed E-state index contributed by atoms with van der Waals surface area (Å²) < 4.78 is 2.53. The molecule has 0 radical (unpaired) electrons. The summed E-state index contributed by atoms with van der Waals surface area (Å²) >= 11 is 20.6. The Labute approximate surface area is 205 Å². The van der Waals surface area contributed by atoms with Gasteiger partial charge in [-0.3, -0.25) is 19.6 Å². The zero-order chi connectivity index (χ0) is 23.2. The van der Waals surface area contributed by atoms with Gasteiger partial charge >= 0.3 is 0 Å². The molecule has 1 aromatic heterocycles. The molecule has 4 N–H and O–H groups in total. The van der Waals surface area contributed by atoms with Crippen LogP contribution in [-0.4, -0.2) is 42.2 Å². The Hall–Kier alpha value is -2.31. The van der Waals surface area contributed by atoms with Crippen molar-refractivity contribution in [3.05, 3.63) is 63.6 Å². The van der Waals surface area contributed by atoms with Gasteiger partial charge < -0.3 is 15.3 Å². The Morgan fingerprint density at radius 1 is 1.06 bits per heavy atom. The molecule has 1 aliphatic rings. The number of aromatic amines is 2. The molecule has 1 aliphatic heterocycles. The highest BCUT2D eigenvalue weighted by molar-refractivity contribution is 7.82. The molecule has 0 bridgehead atoms. The zero-order valence-corrected chi connectivity index (χ0v) is 20.5. The number of nitrogens with one attached hydrogen (secondary N) is 3. The van der Waals surface area contributed by atoms with E-state index in [0.29, 0.717) is 25.8 Å². The lowest BCUT2D eigenvalue weighted by Crippen LogP contribution is -2.33. The predicted molar refractivity (Wildman–Crippen MR) is 138 cm³/mol. The zero-order valence-electron chi connectivity index (χ0n) is 17.2. The third-order valence-electron chi connectivity index (χ3n) is 5.54. The van der Waals surface area contributed by atoms with Crippen LogP contribution in [0.15, 0.2) is 48.5 Å². The molecule has 2 atom stereocenters. The van der Waals surface area contributed by atoms with Crippen molar-refractivity contribution >= 4 is 71.6 Å². The van der Waals surface area contributed by atoms with Crippen LogP contribution in [0.5, 0.6) is 0 Å². The normalized spacial score (nSPS) is 19.9. The second-order valence-electron chi connectivity index (χ2n) is 8.05. The van der Waals surface area contributed by atoms with E-state index in [9.17, 15) is 9.90 Å². The van der Waals surface area contributed by atoms with E-state index in [0.717, 1.165) is 11.4 Å². The number of hydrogen-bond acceptors (Lipinski definition) is 6. The number of nitrogens with zero attached hydrogens (tertiary/aromatic N) is 2. The van der Waals surface area contributed by atoms with Gasteiger partial charge in [-0.2, -0.15) is 12.6 Å². The second kappa shape index (κ2) is 8.56. The molecular formula is C21H21N5O2S4. The number of carbonyl (C=O) groups excluding carboxylic acids is 1. The van der Waals surface area contributed by atoms with Gasteiger partial charge in [0, 0.05) is 22.4 Å². The number of hydrogen-bond donors (Lipinski definition) is 5. The van der Waals surface area contributed by atoms with Crippen LogP contribution >= 0.6 is 49.3 Å². The maximum absolute atomic E-state index is 12.8. The highest BCUT2D eigenvalue weighted by Crippen LogP contribution is 2.42. The Morgan fingerprint density at radius 2 is 1.69 bits per heavy atom. The van der Waals surface area contributed by atoms with E-state index in [2.05, 4.69) is 28.1 Å². The van der Waals surface area contributed by atoms with Gasteiger partial charge in [0.2, 0.25) is 0 Å². The highest BCUT2D eigenvalue weighted by atomic mass is 32.1. The third-order valence-corrected chi connectivity index (χ3v) is 7.42. The maximum Gasteiger partial charge on any atom is 0.255 e. The molecule has 4 rings (SSSR count). The molecule has 3 aromatic rings. The lowest BCUT2D eigenvalue weighted by atomic mass is 9.90. The summed E-state index contributed by atoms with van der Waals surface area (Å²) in [6, 6.07) is 14.3. The number of benzene rings is 2. The number of thiocarbonyl (C=S) groups is 1. The lowest BCUT2D eigenvalue weighted by molar-refractivity contribution is 0.102. The van der Waals surface area contributed by atoms with Crippen LogP contribution in [0.4, 0.5) is 11.4 Å². The van der Waals surface area contributed by atoms with E-state index in [-0.39, 0.29) is 11.3 Å². The van der Waals surface area contributed by atoms with Crippen molar-refractivity contribution in [2.75, 3.05) is 10.2 Å². The highest BCUT2D eigenvalue weighted by Gasteiger charge is 2.49. The second-order valence-corrected chi connectivity index (χ2v) is 9.73. The topological polar surface area (TPSA) is 89.1 Å². The Morgan fingerprint density at radius 3 is 2.25 bits per heavy atom. The molecule has 2 heterocycles. The number of thiol groups is 1. The van der Waals surface area contributed by atoms with Crippen molar-refractivity contribution in [3.8, 4) is 5.69 Å². The van der Waals surface area contributed by atoms with Gasteiger partial charge in [-0.1, -0.05) is 32.1 Å². The summed E-state index contributed by atoms with van der Waals surface area (Å²) in [5.74, 6) is -0.261. The van der Waals surface area contributed by atoms with Crippen LogP contribution in [0.1, 0.15) is 24.2 Å². The molecule has 32 heavy (non-hydrogen) atoms. The van der Waals surface area contributed by atoms with Gasteiger partial charge in [0.25, 0.3) is 5.91 Å². The first-order valence-corrected chi connectivity index (χ1v) is 11.5. The number of H-pyrrole nitrogens is 2. The molecule has 0 spiro atoms. The molecule has 2 unspecified atom stereocenters. The molecule has 0 aliphatic carbocycles. The smallest absolute Gasteiger partial charge is 0.255 e. The summed E-state index contributed by atoms with van der Waals surface area (Å²) in [5.41, 5.74) is 2.10. The van der Waals surface area contributed by atoms with Crippen molar-refractivity contribution in [3.63, 3.8) is 0 Å². The monoisotopic (exact) mass is 503 g/mol. The molecule has 7 nitrogen and oxygen atoms in total. The molecule has 2 aromatic carbocycles. The van der Waals surface area contributed by atoms with E-state index < -0.39 is 11.5 Å². The fourth-order valence-corrected chi connectivity index (χ4v) is 5.10. The Balaban J connectivity index is 1.53. The quantitative estimate of drug-likeness (QED) is 0.263. The molecule has 11 heteroatoms. The minimum atomic E-state index is -0.767. The lowest BCUT2D eigenvalue weighted by Gasteiger charge is -2.29. The van der Waals surface area contributed by atoms with Gasteiger partial charge in [-0.05, 0) is 66.9 Å². The molecular weight excluding hydrogens is 483 g/mol. The van der Waals surface area contributed by atoms with Crippen molar-refractivity contribution in [2.45, 2.75) is 25.3 Å². The van der Waals surface area contributed by atoms with Gasteiger partial charge in [-0.25, -0.2) is 0 Å². The van der Waals surface area contributed by atoms with Crippen LogP contribution in [0.25, 0.3) is 5.69 Å². The van der Waals surface area contributed by atoms with Crippen molar-refractivity contribution in [1.29, 1.82) is 0 Å².